The third-order valence-electron chi connectivity index (χ3n) is 2.57. The predicted molar refractivity (Wildman–Crippen MR) is 76.0 cm³/mol. The SMILES string of the molecule is CC(C)c1ncc(N)c(C(=O)NCc2cccs2)n1. The monoisotopic (exact) mass is 276 g/mol. The number of thiophene rings is 1. The molecule has 5 nitrogen and oxygen atoms in total. The molecule has 2 aromatic rings. The Morgan fingerprint density at radius 1 is 1.53 bits per heavy atom. The summed E-state index contributed by atoms with van der Waals surface area (Å²) in [4.78, 5) is 21.5. The van der Waals surface area contributed by atoms with Crippen molar-refractivity contribution in [1.82, 2.24) is 15.3 Å². The molecule has 0 saturated carbocycles. The molecule has 0 bridgehead atoms. The number of amides is 1. The van der Waals surface area contributed by atoms with Crippen LogP contribution in [-0.2, 0) is 6.54 Å². The zero-order chi connectivity index (χ0) is 13.8. The molecule has 0 aromatic carbocycles. The number of hydrogen-bond donors (Lipinski definition) is 2. The lowest BCUT2D eigenvalue weighted by Crippen LogP contribution is -2.25. The van der Waals surface area contributed by atoms with Gasteiger partial charge in [-0.05, 0) is 11.4 Å². The maximum atomic E-state index is 12.1. The van der Waals surface area contributed by atoms with Gasteiger partial charge in [0.2, 0.25) is 0 Å². The summed E-state index contributed by atoms with van der Waals surface area (Å²) in [5.41, 5.74) is 6.30. The molecule has 100 valence electrons. The first kappa shape index (κ1) is 13.5. The number of hydrogen-bond acceptors (Lipinski definition) is 5. The van der Waals surface area contributed by atoms with Crippen LogP contribution in [0.4, 0.5) is 5.69 Å². The van der Waals surface area contributed by atoms with E-state index in [2.05, 4.69) is 15.3 Å². The summed E-state index contributed by atoms with van der Waals surface area (Å²) in [6, 6.07) is 3.91. The van der Waals surface area contributed by atoms with E-state index in [1.165, 1.54) is 6.20 Å². The molecular formula is C13H16N4OS. The Balaban J connectivity index is 2.11. The lowest BCUT2D eigenvalue weighted by atomic mass is 10.2. The number of nitrogen functional groups attached to an aromatic ring is 1. The van der Waals surface area contributed by atoms with Crippen molar-refractivity contribution in [2.75, 3.05) is 5.73 Å². The third kappa shape index (κ3) is 3.29. The van der Waals surface area contributed by atoms with E-state index in [0.29, 0.717) is 18.1 Å². The molecule has 6 heteroatoms. The van der Waals surface area contributed by atoms with Crippen LogP contribution in [0.2, 0.25) is 0 Å². The number of aromatic nitrogens is 2. The Labute approximate surface area is 115 Å². The van der Waals surface area contributed by atoms with Crippen molar-refractivity contribution in [3.8, 4) is 0 Å². The molecule has 3 N–H and O–H groups in total. The minimum absolute atomic E-state index is 0.157. The molecule has 0 fully saturated rings. The highest BCUT2D eigenvalue weighted by Gasteiger charge is 2.14. The zero-order valence-electron chi connectivity index (χ0n) is 10.9. The van der Waals surface area contributed by atoms with Crippen LogP contribution in [0.5, 0.6) is 0 Å². The van der Waals surface area contributed by atoms with Crippen LogP contribution >= 0.6 is 11.3 Å². The van der Waals surface area contributed by atoms with E-state index in [4.69, 9.17) is 5.73 Å². The van der Waals surface area contributed by atoms with Gasteiger partial charge in [0.25, 0.3) is 5.91 Å². The highest BCUT2D eigenvalue weighted by molar-refractivity contribution is 7.09. The van der Waals surface area contributed by atoms with Crippen LogP contribution in [0, 0.1) is 0 Å². The van der Waals surface area contributed by atoms with E-state index in [1.807, 2.05) is 31.4 Å². The van der Waals surface area contributed by atoms with E-state index in [9.17, 15) is 4.79 Å². The van der Waals surface area contributed by atoms with Gasteiger partial charge in [-0.1, -0.05) is 19.9 Å². The molecular weight excluding hydrogens is 260 g/mol. The molecule has 19 heavy (non-hydrogen) atoms. The Morgan fingerprint density at radius 2 is 2.32 bits per heavy atom. The number of rotatable bonds is 4. The number of carbonyl (C=O) groups excluding carboxylic acids is 1. The van der Waals surface area contributed by atoms with Gasteiger partial charge < -0.3 is 11.1 Å². The minimum Gasteiger partial charge on any atom is -0.396 e. The van der Waals surface area contributed by atoms with Crippen molar-refractivity contribution < 1.29 is 4.79 Å². The molecule has 0 saturated heterocycles. The van der Waals surface area contributed by atoms with E-state index in [-0.39, 0.29) is 17.5 Å². The maximum Gasteiger partial charge on any atom is 0.272 e. The number of anilines is 1. The van der Waals surface area contributed by atoms with Crippen molar-refractivity contribution in [2.45, 2.75) is 26.3 Å². The van der Waals surface area contributed by atoms with Gasteiger partial charge in [0, 0.05) is 10.8 Å². The Bertz CT molecular complexity index is 566. The van der Waals surface area contributed by atoms with Crippen LogP contribution in [0.3, 0.4) is 0 Å². The predicted octanol–water partition coefficient (Wildman–Crippen LogP) is 2.17. The molecule has 0 spiro atoms. The summed E-state index contributed by atoms with van der Waals surface area (Å²) in [6.45, 7) is 4.43. The molecule has 2 heterocycles. The summed E-state index contributed by atoms with van der Waals surface area (Å²) < 4.78 is 0. The highest BCUT2D eigenvalue weighted by atomic mass is 32.1. The fourth-order valence-electron chi connectivity index (χ4n) is 1.53. The second-order valence-electron chi connectivity index (χ2n) is 4.45. The fraction of sp³-hybridized carbons (Fsp3) is 0.308. The van der Waals surface area contributed by atoms with Crippen LogP contribution in [0.15, 0.2) is 23.7 Å². The third-order valence-corrected chi connectivity index (χ3v) is 3.45. The van der Waals surface area contributed by atoms with Gasteiger partial charge >= 0.3 is 0 Å². The molecule has 0 unspecified atom stereocenters. The van der Waals surface area contributed by atoms with Crippen molar-refractivity contribution in [2.24, 2.45) is 0 Å². The van der Waals surface area contributed by atoms with Crippen molar-refractivity contribution >= 4 is 22.9 Å². The van der Waals surface area contributed by atoms with E-state index in [0.717, 1.165) is 4.88 Å². The van der Waals surface area contributed by atoms with Crippen LogP contribution in [0.1, 0.15) is 41.0 Å². The van der Waals surface area contributed by atoms with Crippen molar-refractivity contribution in [1.29, 1.82) is 0 Å². The molecule has 2 aromatic heterocycles. The molecule has 1 amide bonds. The first-order valence-corrected chi connectivity index (χ1v) is 6.89. The topological polar surface area (TPSA) is 80.9 Å². The number of nitrogens with two attached hydrogens (primary N) is 1. The lowest BCUT2D eigenvalue weighted by molar-refractivity contribution is 0.0947. The van der Waals surface area contributed by atoms with E-state index >= 15 is 0 Å². The highest BCUT2D eigenvalue weighted by Crippen LogP contribution is 2.14. The van der Waals surface area contributed by atoms with Crippen molar-refractivity contribution in [3.63, 3.8) is 0 Å². The van der Waals surface area contributed by atoms with Gasteiger partial charge in [0.1, 0.15) is 5.82 Å². The summed E-state index contributed by atoms with van der Waals surface area (Å²) in [5.74, 6) is 0.509. The largest absolute Gasteiger partial charge is 0.396 e. The second-order valence-corrected chi connectivity index (χ2v) is 5.48. The van der Waals surface area contributed by atoms with Gasteiger partial charge in [-0.25, -0.2) is 9.97 Å². The number of nitrogens with zero attached hydrogens (tertiary/aromatic N) is 2. The Hall–Kier alpha value is -1.95. The Kier molecular flexibility index (Phi) is 4.11. The van der Waals surface area contributed by atoms with Gasteiger partial charge in [0.15, 0.2) is 5.69 Å². The van der Waals surface area contributed by atoms with Gasteiger partial charge in [-0.3, -0.25) is 4.79 Å². The van der Waals surface area contributed by atoms with Crippen LogP contribution < -0.4 is 11.1 Å². The van der Waals surface area contributed by atoms with Gasteiger partial charge in [-0.15, -0.1) is 11.3 Å². The first-order valence-electron chi connectivity index (χ1n) is 6.01. The molecule has 0 aliphatic heterocycles. The molecule has 0 aliphatic carbocycles. The normalized spacial score (nSPS) is 10.7. The van der Waals surface area contributed by atoms with Crippen LogP contribution in [-0.4, -0.2) is 15.9 Å². The standard InChI is InChI=1S/C13H16N4OS/c1-8(2)12-15-7-10(14)11(17-12)13(18)16-6-9-4-3-5-19-9/h3-5,7-8H,6,14H2,1-2H3,(H,16,18). The average molecular weight is 276 g/mol. The molecule has 0 atom stereocenters. The summed E-state index contributed by atoms with van der Waals surface area (Å²) in [7, 11) is 0. The first-order chi connectivity index (χ1) is 9.08. The lowest BCUT2D eigenvalue weighted by Gasteiger charge is -2.09. The maximum absolute atomic E-state index is 12.1. The van der Waals surface area contributed by atoms with Gasteiger partial charge in [0.05, 0.1) is 18.4 Å². The smallest absolute Gasteiger partial charge is 0.272 e. The number of carbonyl (C=O) groups is 1. The number of nitrogens with one attached hydrogen (secondary N) is 1. The summed E-state index contributed by atoms with van der Waals surface area (Å²) in [6.07, 6.45) is 1.49. The Morgan fingerprint density at radius 3 is 2.95 bits per heavy atom. The fourth-order valence-corrected chi connectivity index (χ4v) is 2.17. The second kappa shape index (κ2) is 5.79. The van der Waals surface area contributed by atoms with E-state index < -0.39 is 0 Å². The molecule has 0 radical (unpaired) electrons. The summed E-state index contributed by atoms with van der Waals surface area (Å²) >= 11 is 1.59. The van der Waals surface area contributed by atoms with Crippen molar-refractivity contribution in [3.05, 3.63) is 40.1 Å². The molecule has 2 rings (SSSR count). The zero-order valence-corrected chi connectivity index (χ0v) is 11.7. The van der Waals surface area contributed by atoms with E-state index in [1.54, 1.807) is 11.3 Å². The van der Waals surface area contributed by atoms with Crippen LogP contribution in [0.25, 0.3) is 0 Å². The average Bonchev–Trinajstić information content (AvgIpc) is 2.89. The summed E-state index contributed by atoms with van der Waals surface area (Å²) in [5, 5.41) is 4.78. The van der Waals surface area contributed by atoms with Gasteiger partial charge in [-0.2, -0.15) is 0 Å². The minimum atomic E-state index is -0.268. The quantitative estimate of drug-likeness (QED) is 0.896. The molecule has 0 aliphatic rings.